The van der Waals surface area contributed by atoms with E-state index < -0.39 is 12.0 Å². The highest BCUT2D eigenvalue weighted by Gasteiger charge is 2.10. The topological polar surface area (TPSA) is 82.3 Å². The van der Waals surface area contributed by atoms with Gasteiger partial charge in [-0.25, -0.2) is 0 Å². The molecule has 18 heavy (non-hydrogen) atoms. The van der Waals surface area contributed by atoms with Crippen LogP contribution in [0, 0.1) is 11.3 Å². The predicted octanol–water partition coefficient (Wildman–Crippen LogP) is 1.71. The van der Waals surface area contributed by atoms with Crippen LogP contribution in [0.4, 0.5) is 0 Å². The molecule has 0 amide bonds. The smallest absolute Gasteiger partial charge is 0.304 e. The number of carboxylic acid groups (broad SMARTS) is 1. The summed E-state index contributed by atoms with van der Waals surface area (Å²) < 4.78 is 5.31. The standard InChI is InChI=1S/C13H16N2O3/c1-2-18-11-5-3-10(4-6-11)12(9-14)15-8-7-13(16)17/h3-6,12,15H,2,7-8H2,1H3,(H,16,17). The Kier molecular flexibility index (Phi) is 5.68. The van der Waals surface area contributed by atoms with Crippen LogP contribution in [0.25, 0.3) is 0 Å². The zero-order valence-electron chi connectivity index (χ0n) is 10.2. The third kappa shape index (κ3) is 4.44. The van der Waals surface area contributed by atoms with Crippen molar-refractivity contribution in [3.8, 4) is 11.8 Å². The Bertz CT molecular complexity index is 423. The summed E-state index contributed by atoms with van der Waals surface area (Å²) in [4.78, 5) is 10.4. The monoisotopic (exact) mass is 248 g/mol. The van der Waals surface area contributed by atoms with Gasteiger partial charge in [-0.15, -0.1) is 0 Å². The van der Waals surface area contributed by atoms with Gasteiger partial charge in [0.25, 0.3) is 0 Å². The molecule has 1 atom stereocenters. The van der Waals surface area contributed by atoms with E-state index in [9.17, 15) is 4.79 Å². The molecular formula is C13H16N2O3. The van der Waals surface area contributed by atoms with E-state index in [2.05, 4.69) is 11.4 Å². The largest absolute Gasteiger partial charge is 0.494 e. The zero-order chi connectivity index (χ0) is 13.4. The van der Waals surface area contributed by atoms with Gasteiger partial charge in [0.2, 0.25) is 0 Å². The van der Waals surface area contributed by atoms with Gasteiger partial charge >= 0.3 is 5.97 Å². The summed E-state index contributed by atoms with van der Waals surface area (Å²) in [6.07, 6.45) is -0.00475. The fourth-order valence-corrected chi connectivity index (χ4v) is 1.48. The highest BCUT2D eigenvalue weighted by molar-refractivity contribution is 5.66. The molecule has 2 N–H and O–H groups in total. The van der Waals surface area contributed by atoms with E-state index in [1.807, 2.05) is 6.92 Å². The van der Waals surface area contributed by atoms with Gasteiger partial charge in [0.1, 0.15) is 11.8 Å². The Morgan fingerprint density at radius 3 is 2.67 bits per heavy atom. The maximum absolute atomic E-state index is 10.4. The van der Waals surface area contributed by atoms with Crippen LogP contribution < -0.4 is 10.1 Å². The third-order valence-corrected chi connectivity index (χ3v) is 2.34. The second kappa shape index (κ2) is 7.30. The van der Waals surface area contributed by atoms with E-state index in [1.54, 1.807) is 24.3 Å². The average molecular weight is 248 g/mol. The Morgan fingerprint density at radius 1 is 1.50 bits per heavy atom. The van der Waals surface area contributed by atoms with Crippen LogP contribution >= 0.6 is 0 Å². The molecule has 1 aromatic carbocycles. The minimum Gasteiger partial charge on any atom is -0.494 e. The normalized spacial score (nSPS) is 11.6. The first-order valence-corrected chi connectivity index (χ1v) is 5.75. The molecule has 1 unspecified atom stereocenters. The van der Waals surface area contributed by atoms with Gasteiger partial charge in [-0.3, -0.25) is 10.1 Å². The molecule has 1 rings (SSSR count). The first-order valence-electron chi connectivity index (χ1n) is 5.75. The van der Waals surface area contributed by atoms with Crippen LogP contribution in [0.15, 0.2) is 24.3 Å². The highest BCUT2D eigenvalue weighted by Crippen LogP contribution is 2.17. The molecule has 96 valence electrons. The lowest BCUT2D eigenvalue weighted by Crippen LogP contribution is -2.22. The number of nitrogens with zero attached hydrogens (tertiary/aromatic N) is 1. The first-order chi connectivity index (χ1) is 8.67. The van der Waals surface area contributed by atoms with Crippen LogP contribution in [0.1, 0.15) is 24.9 Å². The van der Waals surface area contributed by atoms with Crippen LogP contribution in [-0.2, 0) is 4.79 Å². The van der Waals surface area contributed by atoms with Crippen molar-refractivity contribution in [2.75, 3.05) is 13.2 Å². The molecule has 0 saturated heterocycles. The summed E-state index contributed by atoms with van der Waals surface area (Å²) in [6, 6.07) is 8.78. The number of ether oxygens (including phenoxy) is 1. The Balaban J connectivity index is 2.59. The van der Waals surface area contributed by atoms with Gasteiger partial charge in [-0.1, -0.05) is 12.1 Å². The molecular weight excluding hydrogens is 232 g/mol. The Morgan fingerprint density at radius 2 is 2.17 bits per heavy atom. The summed E-state index contributed by atoms with van der Waals surface area (Å²) >= 11 is 0. The lowest BCUT2D eigenvalue weighted by atomic mass is 10.1. The third-order valence-electron chi connectivity index (χ3n) is 2.34. The summed E-state index contributed by atoms with van der Waals surface area (Å²) in [5.74, 6) is -0.130. The number of nitrogens with one attached hydrogen (secondary N) is 1. The average Bonchev–Trinajstić information content (AvgIpc) is 2.36. The Labute approximate surface area is 106 Å². The van der Waals surface area contributed by atoms with Crippen molar-refractivity contribution in [2.24, 2.45) is 0 Å². The van der Waals surface area contributed by atoms with Crippen molar-refractivity contribution in [1.82, 2.24) is 5.32 Å². The maximum atomic E-state index is 10.4. The van der Waals surface area contributed by atoms with Crippen molar-refractivity contribution < 1.29 is 14.6 Å². The lowest BCUT2D eigenvalue weighted by molar-refractivity contribution is -0.136. The van der Waals surface area contributed by atoms with Crippen molar-refractivity contribution in [3.63, 3.8) is 0 Å². The van der Waals surface area contributed by atoms with Crippen molar-refractivity contribution in [2.45, 2.75) is 19.4 Å². The molecule has 5 nitrogen and oxygen atoms in total. The molecule has 0 bridgehead atoms. The minimum absolute atomic E-state index is 0.00475. The molecule has 1 aromatic rings. The SMILES string of the molecule is CCOc1ccc(C(C#N)NCCC(=O)O)cc1. The summed E-state index contributed by atoms with van der Waals surface area (Å²) in [5, 5.41) is 20.4. The molecule has 0 fully saturated rings. The van der Waals surface area contributed by atoms with Crippen molar-refractivity contribution in [1.29, 1.82) is 5.26 Å². The van der Waals surface area contributed by atoms with Crippen LogP contribution in [-0.4, -0.2) is 24.2 Å². The van der Waals surface area contributed by atoms with E-state index in [1.165, 1.54) is 0 Å². The van der Waals surface area contributed by atoms with Gasteiger partial charge in [0.05, 0.1) is 19.1 Å². The van der Waals surface area contributed by atoms with Gasteiger partial charge in [0, 0.05) is 6.54 Å². The molecule has 0 spiro atoms. The van der Waals surface area contributed by atoms with Gasteiger partial charge in [-0.05, 0) is 24.6 Å². The summed E-state index contributed by atoms with van der Waals surface area (Å²) in [7, 11) is 0. The van der Waals surface area contributed by atoms with Crippen molar-refractivity contribution >= 4 is 5.97 Å². The predicted molar refractivity (Wildman–Crippen MR) is 66.2 cm³/mol. The number of nitriles is 1. The lowest BCUT2D eigenvalue weighted by Gasteiger charge is -2.11. The fraction of sp³-hybridized carbons (Fsp3) is 0.385. The molecule has 0 heterocycles. The number of hydrogen-bond donors (Lipinski definition) is 2. The molecule has 5 heteroatoms. The van der Waals surface area contributed by atoms with Crippen LogP contribution in [0.5, 0.6) is 5.75 Å². The van der Waals surface area contributed by atoms with E-state index in [4.69, 9.17) is 15.1 Å². The van der Waals surface area contributed by atoms with Crippen molar-refractivity contribution in [3.05, 3.63) is 29.8 Å². The fourth-order valence-electron chi connectivity index (χ4n) is 1.48. The number of aliphatic carboxylic acids is 1. The highest BCUT2D eigenvalue weighted by atomic mass is 16.5. The van der Waals surface area contributed by atoms with E-state index in [-0.39, 0.29) is 13.0 Å². The first kappa shape index (κ1) is 14.0. The summed E-state index contributed by atoms with van der Waals surface area (Å²) in [6.45, 7) is 2.76. The number of carbonyl (C=O) groups is 1. The second-order valence-electron chi connectivity index (χ2n) is 3.66. The minimum atomic E-state index is -0.883. The van der Waals surface area contributed by atoms with Crippen LogP contribution in [0.2, 0.25) is 0 Å². The molecule has 0 radical (unpaired) electrons. The molecule has 0 aliphatic carbocycles. The molecule has 0 saturated carbocycles. The molecule has 0 aliphatic heterocycles. The van der Waals surface area contributed by atoms with Gasteiger partial charge in [0.15, 0.2) is 0 Å². The van der Waals surface area contributed by atoms with Gasteiger partial charge in [-0.2, -0.15) is 5.26 Å². The van der Waals surface area contributed by atoms with E-state index in [0.717, 1.165) is 11.3 Å². The number of rotatable bonds is 7. The van der Waals surface area contributed by atoms with E-state index in [0.29, 0.717) is 6.61 Å². The number of hydrogen-bond acceptors (Lipinski definition) is 4. The zero-order valence-corrected chi connectivity index (χ0v) is 10.2. The summed E-state index contributed by atoms with van der Waals surface area (Å²) in [5.41, 5.74) is 0.798. The number of benzene rings is 1. The molecule has 0 aliphatic rings. The van der Waals surface area contributed by atoms with Crippen LogP contribution in [0.3, 0.4) is 0 Å². The van der Waals surface area contributed by atoms with Gasteiger partial charge < -0.3 is 9.84 Å². The Hall–Kier alpha value is -2.06. The number of carboxylic acids is 1. The van der Waals surface area contributed by atoms with E-state index >= 15 is 0 Å². The quantitative estimate of drug-likeness (QED) is 0.767. The second-order valence-corrected chi connectivity index (χ2v) is 3.66. The molecule has 0 aromatic heterocycles. The maximum Gasteiger partial charge on any atom is 0.304 e.